The number of H-pyrrole nitrogens is 1. The van der Waals surface area contributed by atoms with E-state index in [1.54, 1.807) is 0 Å². The summed E-state index contributed by atoms with van der Waals surface area (Å²) in [4.78, 5) is 25.7. The van der Waals surface area contributed by atoms with E-state index in [9.17, 15) is 9.59 Å². The monoisotopic (exact) mass is 214 g/mol. The van der Waals surface area contributed by atoms with Crippen molar-refractivity contribution in [2.24, 2.45) is 0 Å². The van der Waals surface area contributed by atoms with E-state index in [0.29, 0.717) is 12.0 Å². The van der Waals surface area contributed by atoms with Crippen LogP contribution in [0.3, 0.4) is 0 Å². The van der Waals surface area contributed by atoms with Crippen LogP contribution in [0.2, 0.25) is 5.15 Å². The average molecular weight is 215 g/mol. The third-order valence-electron chi connectivity index (χ3n) is 2.44. The van der Waals surface area contributed by atoms with Crippen molar-refractivity contribution in [2.45, 2.75) is 32.2 Å². The number of hydrogen-bond acceptors (Lipinski definition) is 2. The van der Waals surface area contributed by atoms with Gasteiger partial charge in [-0.25, -0.2) is 4.79 Å². The number of hydrogen-bond donors (Lipinski definition) is 1. The average Bonchev–Trinajstić information content (AvgIpc) is 2.88. The van der Waals surface area contributed by atoms with Crippen LogP contribution >= 0.6 is 11.6 Å². The van der Waals surface area contributed by atoms with Gasteiger partial charge in [-0.15, -0.1) is 0 Å². The lowest BCUT2D eigenvalue weighted by Gasteiger charge is -2.05. The summed E-state index contributed by atoms with van der Waals surface area (Å²) in [5.74, 6) is 0. The maximum absolute atomic E-state index is 11.8. The molecule has 0 saturated heterocycles. The molecular formula is C9H11ClN2O2. The fraction of sp³-hybridized carbons (Fsp3) is 0.556. The molecule has 1 aromatic heterocycles. The summed E-state index contributed by atoms with van der Waals surface area (Å²) in [6.07, 6.45) is 2.36. The molecule has 0 aromatic carbocycles. The summed E-state index contributed by atoms with van der Waals surface area (Å²) in [5.41, 5.74) is -0.124. The van der Waals surface area contributed by atoms with E-state index in [4.69, 9.17) is 11.6 Å². The Kier molecular flexibility index (Phi) is 2.23. The molecule has 1 aromatic rings. The largest absolute Gasteiger partial charge is 0.329 e. The van der Waals surface area contributed by atoms with Crippen LogP contribution in [0.25, 0.3) is 0 Å². The van der Waals surface area contributed by atoms with Crippen LogP contribution in [0, 0.1) is 0 Å². The molecule has 0 atom stereocenters. The van der Waals surface area contributed by atoms with Gasteiger partial charge in [-0.05, 0) is 19.3 Å². The molecule has 5 heteroatoms. The van der Waals surface area contributed by atoms with Crippen molar-refractivity contribution in [3.05, 3.63) is 31.6 Å². The van der Waals surface area contributed by atoms with E-state index in [0.717, 1.165) is 12.8 Å². The minimum atomic E-state index is -0.389. The first-order valence-electron chi connectivity index (χ1n) is 4.68. The molecule has 0 radical (unpaired) electrons. The summed E-state index contributed by atoms with van der Waals surface area (Å²) in [5, 5.41) is 0.180. The quantitative estimate of drug-likeness (QED) is 0.750. The highest BCUT2D eigenvalue weighted by Gasteiger charge is 2.28. The lowest BCUT2D eigenvalue weighted by Crippen LogP contribution is -2.36. The molecule has 1 saturated carbocycles. The maximum Gasteiger partial charge on any atom is 0.329 e. The summed E-state index contributed by atoms with van der Waals surface area (Å²) < 4.78 is 1.28. The molecule has 1 N–H and O–H groups in total. The van der Waals surface area contributed by atoms with E-state index in [1.165, 1.54) is 4.57 Å². The van der Waals surface area contributed by atoms with Crippen molar-refractivity contribution in [1.82, 2.24) is 9.55 Å². The van der Waals surface area contributed by atoms with Gasteiger partial charge in [0, 0.05) is 6.04 Å². The molecular weight excluding hydrogens is 204 g/mol. The second-order valence-electron chi connectivity index (χ2n) is 3.48. The molecule has 1 aliphatic carbocycles. The molecule has 76 valence electrons. The van der Waals surface area contributed by atoms with Gasteiger partial charge < -0.3 is 0 Å². The van der Waals surface area contributed by atoms with Crippen LogP contribution < -0.4 is 11.2 Å². The Labute approximate surface area is 85.5 Å². The highest BCUT2D eigenvalue weighted by Crippen LogP contribution is 2.32. The number of nitrogens with one attached hydrogen (secondary N) is 1. The molecule has 4 nitrogen and oxygen atoms in total. The molecule has 2 rings (SSSR count). The fourth-order valence-corrected chi connectivity index (χ4v) is 1.83. The van der Waals surface area contributed by atoms with Crippen molar-refractivity contribution in [1.29, 1.82) is 0 Å². The predicted octanol–water partition coefficient (Wildman–Crippen LogP) is 1.09. The molecule has 0 bridgehead atoms. The number of nitrogens with zero attached hydrogens (tertiary/aromatic N) is 1. The van der Waals surface area contributed by atoms with Gasteiger partial charge in [0.15, 0.2) is 0 Å². The van der Waals surface area contributed by atoms with Gasteiger partial charge in [-0.3, -0.25) is 14.3 Å². The van der Waals surface area contributed by atoms with Crippen LogP contribution in [-0.2, 0) is 6.42 Å². The van der Waals surface area contributed by atoms with Gasteiger partial charge in [-0.2, -0.15) is 0 Å². The first kappa shape index (κ1) is 9.52. The molecule has 0 aliphatic heterocycles. The summed E-state index contributed by atoms with van der Waals surface area (Å²) in [6, 6.07) is 0.0915. The van der Waals surface area contributed by atoms with E-state index in [1.807, 2.05) is 6.92 Å². The van der Waals surface area contributed by atoms with E-state index in [-0.39, 0.29) is 22.4 Å². The van der Waals surface area contributed by atoms with Crippen LogP contribution in [0.1, 0.15) is 31.4 Å². The lowest BCUT2D eigenvalue weighted by molar-refractivity contribution is 0.645. The van der Waals surface area contributed by atoms with Gasteiger partial charge in [0.05, 0.1) is 5.56 Å². The highest BCUT2D eigenvalue weighted by molar-refractivity contribution is 6.30. The van der Waals surface area contributed by atoms with Crippen LogP contribution in [-0.4, -0.2) is 9.55 Å². The normalized spacial score (nSPS) is 15.9. The number of rotatable bonds is 2. The van der Waals surface area contributed by atoms with Crippen LogP contribution in [0.5, 0.6) is 0 Å². The van der Waals surface area contributed by atoms with Crippen LogP contribution in [0.4, 0.5) is 0 Å². The SMILES string of the molecule is CCc1c(Cl)[nH]c(=O)n(C2CC2)c1=O. The van der Waals surface area contributed by atoms with Crippen molar-refractivity contribution in [2.75, 3.05) is 0 Å². The molecule has 1 fully saturated rings. The number of aromatic nitrogens is 2. The van der Waals surface area contributed by atoms with Crippen molar-refractivity contribution < 1.29 is 0 Å². The Morgan fingerprint density at radius 3 is 2.64 bits per heavy atom. The van der Waals surface area contributed by atoms with Gasteiger partial charge in [0.25, 0.3) is 5.56 Å². The van der Waals surface area contributed by atoms with E-state index >= 15 is 0 Å². The smallest absolute Gasteiger partial charge is 0.297 e. The molecule has 0 unspecified atom stereocenters. The Morgan fingerprint density at radius 1 is 1.50 bits per heavy atom. The Balaban J connectivity index is 2.71. The lowest BCUT2D eigenvalue weighted by atomic mass is 10.2. The van der Waals surface area contributed by atoms with Crippen LogP contribution in [0.15, 0.2) is 9.59 Å². The second-order valence-corrected chi connectivity index (χ2v) is 3.86. The van der Waals surface area contributed by atoms with Gasteiger partial charge in [0.2, 0.25) is 0 Å². The topological polar surface area (TPSA) is 54.9 Å². The number of halogens is 1. The Bertz CT molecular complexity index is 471. The first-order valence-corrected chi connectivity index (χ1v) is 5.06. The van der Waals surface area contributed by atoms with Gasteiger partial charge in [0.1, 0.15) is 5.15 Å². The highest BCUT2D eigenvalue weighted by atomic mass is 35.5. The van der Waals surface area contributed by atoms with E-state index in [2.05, 4.69) is 4.98 Å². The molecule has 1 heterocycles. The molecule has 0 amide bonds. The molecule has 0 spiro atoms. The van der Waals surface area contributed by atoms with E-state index < -0.39 is 0 Å². The minimum Gasteiger partial charge on any atom is -0.297 e. The third-order valence-corrected chi connectivity index (χ3v) is 2.77. The standard InChI is InChI=1S/C9H11ClN2O2/c1-2-6-7(10)11-9(14)12(8(6)13)5-3-4-5/h5H,2-4H2,1H3,(H,11,14). The maximum atomic E-state index is 11.8. The van der Waals surface area contributed by atoms with Crippen molar-refractivity contribution in [3.63, 3.8) is 0 Å². The molecule has 1 aliphatic rings. The Morgan fingerprint density at radius 2 is 2.14 bits per heavy atom. The van der Waals surface area contributed by atoms with Gasteiger partial charge in [-0.1, -0.05) is 18.5 Å². The predicted molar refractivity (Wildman–Crippen MR) is 54.0 cm³/mol. The third kappa shape index (κ3) is 1.39. The second kappa shape index (κ2) is 3.28. The summed E-state index contributed by atoms with van der Waals surface area (Å²) in [7, 11) is 0. The fourth-order valence-electron chi connectivity index (χ4n) is 1.53. The zero-order valence-electron chi connectivity index (χ0n) is 7.84. The first-order chi connectivity index (χ1) is 6.65. The minimum absolute atomic E-state index is 0.0915. The van der Waals surface area contributed by atoms with Crippen molar-refractivity contribution >= 4 is 11.6 Å². The summed E-state index contributed by atoms with van der Waals surface area (Å²) in [6.45, 7) is 1.85. The zero-order chi connectivity index (χ0) is 10.3. The van der Waals surface area contributed by atoms with Gasteiger partial charge >= 0.3 is 5.69 Å². The Hall–Kier alpha value is -1.03. The summed E-state index contributed by atoms with van der Waals surface area (Å²) >= 11 is 5.76. The number of aromatic amines is 1. The zero-order valence-corrected chi connectivity index (χ0v) is 8.60. The van der Waals surface area contributed by atoms with Crippen molar-refractivity contribution in [3.8, 4) is 0 Å². The molecule has 14 heavy (non-hydrogen) atoms.